The number of nitrogens with zero attached hydrogens (tertiary/aromatic N) is 3. The van der Waals surface area contributed by atoms with Crippen molar-refractivity contribution >= 4 is 21.1 Å². The molecule has 0 atom stereocenters. The smallest absolute Gasteiger partial charge is 0.218 e. The van der Waals surface area contributed by atoms with Gasteiger partial charge in [-0.3, -0.25) is 0 Å². The highest BCUT2D eigenvalue weighted by atomic mass is 32.2. The highest BCUT2D eigenvalue weighted by Crippen LogP contribution is 2.26. The number of piperidine rings is 1. The molecule has 0 aliphatic carbocycles. The first-order valence-electron chi connectivity index (χ1n) is 11.7. The van der Waals surface area contributed by atoms with Gasteiger partial charge in [0.15, 0.2) is 0 Å². The molecule has 2 heterocycles. The van der Waals surface area contributed by atoms with E-state index in [2.05, 4.69) is 10.6 Å². The first-order valence-corrected chi connectivity index (χ1v) is 13.3. The van der Waals surface area contributed by atoms with E-state index in [4.69, 9.17) is 9.72 Å². The van der Waals surface area contributed by atoms with E-state index in [-0.39, 0.29) is 5.75 Å². The molecule has 0 amide bonds. The number of ether oxygens (including phenoxy) is 1. The molecule has 4 aromatic rings. The van der Waals surface area contributed by atoms with Gasteiger partial charge in [-0.25, -0.2) is 17.7 Å². The van der Waals surface area contributed by atoms with Crippen LogP contribution in [0.4, 0.5) is 0 Å². The van der Waals surface area contributed by atoms with Crippen molar-refractivity contribution in [2.45, 2.75) is 31.7 Å². The third kappa shape index (κ3) is 5.16. The molecule has 5 rings (SSSR count). The van der Waals surface area contributed by atoms with Crippen molar-refractivity contribution < 1.29 is 13.2 Å². The summed E-state index contributed by atoms with van der Waals surface area (Å²) in [5, 5.41) is 0. The van der Waals surface area contributed by atoms with Gasteiger partial charge in [0, 0.05) is 19.6 Å². The molecule has 1 saturated heterocycles. The average Bonchev–Trinajstić information content (AvgIpc) is 3.21. The number of benzene rings is 3. The van der Waals surface area contributed by atoms with Crippen LogP contribution in [0.2, 0.25) is 0 Å². The molecule has 34 heavy (non-hydrogen) atoms. The van der Waals surface area contributed by atoms with E-state index in [0.717, 1.165) is 47.6 Å². The zero-order chi connectivity index (χ0) is 23.4. The quantitative estimate of drug-likeness (QED) is 0.365. The maximum Gasteiger partial charge on any atom is 0.218 e. The molecule has 1 aliphatic rings. The van der Waals surface area contributed by atoms with Crippen molar-refractivity contribution in [2.75, 3.05) is 13.1 Å². The predicted molar refractivity (Wildman–Crippen MR) is 134 cm³/mol. The number of imidazole rings is 1. The number of hydrogen-bond donors (Lipinski definition) is 0. The molecule has 0 spiro atoms. The Morgan fingerprint density at radius 3 is 2.24 bits per heavy atom. The summed E-state index contributed by atoms with van der Waals surface area (Å²) < 4.78 is 35.7. The van der Waals surface area contributed by atoms with Crippen molar-refractivity contribution in [1.82, 2.24) is 13.9 Å². The summed E-state index contributed by atoms with van der Waals surface area (Å²) in [5.41, 5.74) is 2.88. The molecule has 7 heteroatoms. The fourth-order valence-electron chi connectivity index (χ4n) is 4.61. The third-order valence-corrected chi connectivity index (χ3v) is 8.29. The normalized spacial score (nSPS) is 15.5. The maximum absolute atomic E-state index is 12.9. The van der Waals surface area contributed by atoms with Gasteiger partial charge in [0.25, 0.3) is 0 Å². The fraction of sp³-hybridized carbons (Fsp3) is 0.296. The van der Waals surface area contributed by atoms with Crippen LogP contribution in [0.25, 0.3) is 11.0 Å². The Kier molecular flexibility index (Phi) is 6.65. The highest BCUT2D eigenvalue weighted by Gasteiger charge is 2.29. The Labute approximate surface area is 200 Å². The van der Waals surface area contributed by atoms with Gasteiger partial charge in [-0.2, -0.15) is 0 Å². The average molecular weight is 476 g/mol. The Hall–Kier alpha value is -3.16. The minimum atomic E-state index is -3.31. The standard InChI is InChI=1S/C27H29N3O3S/c31-34(32,21-23-9-3-1-4-10-23)29-17-15-22(16-18-29)19-30-26-14-8-7-13-25(26)28-27(30)20-33-24-11-5-2-6-12-24/h1-14,22H,15-21H2. The lowest BCUT2D eigenvalue weighted by Gasteiger charge is -2.31. The van der Waals surface area contributed by atoms with Crippen LogP contribution in [0.3, 0.4) is 0 Å². The van der Waals surface area contributed by atoms with E-state index >= 15 is 0 Å². The van der Waals surface area contributed by atoms with Crippen molar-refractivity contribution in [1.29, 1.82) is 0 Å². The van der Waals surface area contributed by atoms with E-state index in [0.29, 0.717) is 25.6 Å². The maximum atomic E-state index is 12.9. The van der Waals surface area contributed by atoms with Crippen molar-refractivity contribution in [3.8, 4) is 5.75 Å². The van der Waals surface area contributed by atoms with E-state index in [1.165, 1.54) is 0 Å². The summed E-state index contributed by atoms with van der Waals surface area (Å²) in [6, 6.07) is 27.3. The van der Waals surface area contributed by atoms with Crippen molar-refractivity contribution in [2.24, 2.45) is 5.92 Å². The van der Waals surface area contributed by atoms with Crippen molar-refractivity contribution in [3.63, 3.8) is 0 Å². The zero-order valence-corrected chi connectivity index (χ0v) is 19.9. The van der Waals surface area contributed by atoms with Crippen molar-refractivity contribution in [3.05, 3.63) is 96.3 Å². The number of hydrogen-bond acceptors (Lipinski definition) is 4. The number of sulfonamides is 1. The lowest BCUT2D eigenvalue weighted by Crippen LogP contribution is -2.40. The van der Waals surface area contributed by atoms with Crippen LogP contribution in [0.1, 0.15) is 24.2 Å². The fourth-order valence-corrected chi connectivity index (χ4v) is 6.17. The zero-order valence-electron chi connectivity index (χ0n) is 19.1. The molecule has 1 aromatic heterocycles. The molecule has 1 aliphatic heterocycles. The van der Waals surface area contributed by atoms with Crippen LogP contribution in [0.5, 0.6) is 5.75 Å². The second kappa shape index (κ2) is 9.99. The SMILES string of the molecule is O=S(=O)(Cc1ccccc1)N1CCC(Cn2c(COc3ccccc3)nc3ccccc32)CC1. The summed E-state index contributed by atoms with van der Waals surface area (Å²) in [6.07, 6.45) is 1.67. The summed E-state index contributed by atoms with van der Waals surface area (Å²) >= 11 is 0. The van der Waals surface area contributed by atoms with E-state index < -0.39 is 10.0 Å². The second-order valence-electron chi connectivity index (χ2n) is 8.81. The number of rotatable bonds is 8. The highest BCUT2D eigenvalue weighted by molar-refractivity contribution is 7.88. The monoisotopic (exact) mass is 475 g/mol. The molecule has 0 saturated carbocycles. The molecular formula is C27H29N3O3S. The molecule has 0 bridgehead atoms. The van der Waals surface area contributed by atoms with Gasteiger partial charge in [-0.15, -0.1) is 0 Å². The number of fused-ring (bicyclic) bond motifs is 1. The van der Waals surface area contributed by atoms with Gasteiger partial charge < -0.3 is 9.30 Å². The Balaban J connectivity index is 1.27. The first-order chi connectivity index (χ1) is 16.6. The Morgan fingerprint density at radius 2 is 1.50 bits per heavy atom. The molecule has 6 nitrogen and oxygen atoms in total. The number of aromatic nitrogens is 2. The summed E-state index contributed by atoms with van der Waals surface area (Å²) in [6.45, 7) is 2.31. The van der Waals surface area contributed by atoms with Crippen LogP contribution >= 0.6 is 0 Å². The van der Waals surface area contributed by atoms with Gasteiger partial charge in [0.05, 0.1) is 16.8 Å². The molecule has 1 fully saturated rings. The second-order valence-corrected chi connectivity index (χ2v) is 10.8. The van der Waals surface area contributed by atoms with Gasteiger partial charge >= 0.3 is 0 Å². The minimum absolute atomic E-state index is 0.0611. The minimum Gasteiger partial charge on any atom is -0.486 e. The van der Waals surface area contributed by atoms with Gasteiger partial charge in [0.2, 0.25) is 10.0 Å². The molecule has 176 valence electrons. The number of para-hydroxylation sites is 3. The van der Waals surface area contributed by atoms with E-state index in [1.807, 2.05) is 78.9 Å². The van der Waals surface area contributed by atoms with Gasteiger partial charge in [0.1, 0.15) is 18.2 Å². The van der Waals surface area contributed by atoms with Crippen LogP contribution in [-0.2, 0) is 28.9 Å². The molecule has 0 unspecified atom stereocenters. The van der Waals surface area contributed by atoms with Crippen LogP contribution in [-0.4, -0.2) is 35.4 Å². The Morgan fingerprint density at radius 1 is 0.853 bits per heavy atom. The Bertz CT molecular complexity index is 1330. The first kappa shape index (κ1) is 22.6. The molecular weight excluding hydrogens is 446 g/mol. The topological polar surface area (TPSA) is 64.4 Å². The third-order valence-electron chi connectivity index (χ3n) is 6.44. The summed E-state index contributed by atoms with van der Waals surface area (Å²) in [5.74, 6) is 2.16. The van der Waals surface area contributed by atoms with Crippen LogP contribution in [0, 0.1) is 5.92 Å². The molecule has 3 aromatic carbocycles. The molecule has 0 N–H and O–H groups in total. The summed E-state index contributed by atoms with van der Waals surface area (Å²) in [4.78, 5) is 4.83. The van der Waals surface area contributed by atoms with Gasteiger partial charge in [-0.05, 0) is 48.6 Å². The predicted octanol–water partition coefficient (Wildman–Crippen LogP) is 4.86. The van der Waals surface area contributed by atoms with E-state index in [9.17, 15) is 8.42 Å². The lowest BCUT2D eigenvalue weighted by atomic mass is 9.98. The summed E-state index contributed by atoms with van der Waals surface area (Å²) in [7, 11) is -3.31. The lowest BCUT2D eigenvalue weighted by molar-refractivity contribution is 0.244. The van der Waals surface area contributed by atoms with E-state index in [1.54, 1.807) is 4.31 Å². The largest absolute Gasteiger partial charge is 0.486 e. The molecule has 0 radical (unpaired) electrons. The van der Waals surface area contributed by atoms with Crippen LogP contribution in [0.15, 0.2) is 84.9 Å². The van der Waals surface area contributed by atoms with Crippen LogP contribution < -0.4 is 4.74 Å². The van der Waals surface area contributed by atoms with Gasteiger partial charge in [-0.1, -0.05) is 60.7 Å².